The summed E-state index contributed by atoms with van der Waals surface area (Å²) in [6.07, 6.45) is 3.75. The van der Waals surface area contributed by atoms with Gasteiger partial charge < -0.3 is 4.90 Å². The van der Waals surface area contributed by atoms with Crippen LogP contribution in [0.1, 0.15) is 30.4 Å². The molecule has 0 atom stereocenters. The zero-order valence-corrected chi connectivity index (χ0v) is 15.7. The van der Waals surface area contributed by atoms with Crippen molar-refractivity contribution < 1.29 is 8.42 Å². The summed E-state index contributed by atoms with van der Waals surface area (Å²) >= 11 is 0. The Morgan fingerprint density at radius 1 is 1.08 bits per heavy atom. The Labute approximate surface area is 155 Å². The Kier molecular flexibility index (Phi) is 5.60. The van der Waals surface area contributed by atoms with Gasteiger partial charge in [0, 0.05) is 32.4 Å². The number of sulfonamides is 1. The molecule has 1 saturated heterocycles. The largest absolute Gasteiger partial charge is 0.372 e. The first-order valence-electron chi connectivity index (χ1n) is 8.81. The number of anilines is 1. The van der Waals surface area contributed by atoms with Gasteiger partial charge in [0.05, 0.1) is 16.5 Å². The lowest BCUT2D eigenvalue weighted by Gasteiger charge is -2.29. The molecule has 6 heteroatoms. The summed E-state index contributed by atoms with van der Waals surface area (Å²) in [5.74, 6) is 0. The summed E-state index contributed by atoms with van der Waals surface area (Å²) in [6, 6.07) is 16.2. The monoisotopic (exact) mass is 369 g/mol. The number of hydrogen-bond donors (Lipinski definition) is 0. The normalized spacial score (nSPS) is 15.0. The maximum absolute atomic E-state index is 12.7. The smallest absolute Gasteiger partial charge is 0.243 e. The molecule has 1 aliphatic heterocycles. The molecule has 0 aromatic heterocycles. The van der Waals surface area contributed by atoms with Gasteiger partial charge in [-0.1, -0.05) is 18.2 Å². The first-order chi connectivity index (χ1) is 12.5. The number of rotatable bonds is 5. The van der Waals surface area contributed by atoms with Crippen LogP contribution < -0.4 is 4.90 Å². The summed E-state index contributed by atoms with van der Waals surface area (Å²) in [7, 11) is -2.07. The molecule has 0 aliphatic carbocycles. The maximum Gasteiger partial charge on any atom is 0.243 e. The van der Waals surface area contributed by atoms with E-state index in [2.05, 4.69) is 17.0 Å². The van der Waals surface area contributed by atoms with Crippen molar-refractivity contribution in [2.45, 2.75) is 30.7 Å². The van der Waals surface area contributed by atoms with Gasteiger partial charge >= 0.3 is 0 Å². The fraction of sp³-hybridized carbons (Fsp3) is 0.350. The molecule has 1 fully saturated rings. The molecule has 136 valence electrons. The first-order valence-corrected chi connectivity index (χ1v) is 10.2. The van der Waals surface area contributed by atoms with Crippen molar-refractivity contribution in [1.29, 1.82) is 5.26 Å². The number of nitriles is 1. The molecule has 26 heavy (non-hydrogen) atoms. The van der Waals surface area contributed by atoms with Gasteiger partial charge in [-0.2, -0.15) is 9.57 Å². The minimum Gasteiger partial charge on any atom is -0.372 e. The van der Waals surface area contributed by atoms with Crippen molar-refractivity contribution >= 4 is 15.7 Å². The van der Waals surface area contributed by atoms with E-state index < -0.39 is 10.0 Å². The number of hydrogen-bond acceptors (Lipinski definition) is 4. The fourth-order valence-corrected chi connectivity index (χ4v) is 4.42. The van der Waals surface area contributed by atoms with E-state index in [0.717, 1.165) is 18.7 Å². The van der Waals surface area contributed by atoms with Crippen LogP contribution in [0.15, 0.2) is 53.4 Å². The molecule has 1 aliphatic rings. The highest BCUT2D eigenvalue weighted by Crippen LogP contribution is 2.22. The summed E-state index contributed by atoms with van der Waals surface area (Å²) in [5.41, 5.74) is 2.47. The second-order valence-corrected chi connectivity index (χ2v) is 8.66. The standard InChI is InChI=1S/C20H23N3O2S/c1-22(26(24,25)20-7-5-6-18(14-20)15-21)16-17-8-10-19(11-9-17)23-12-3-2-4-13-23/h5-11,14H,2-4,12-13,16H2,1H3. The van der Waals surface area contributed by atoms with Gasteiger partial charge in [0.15, 0.2) is 0 Å². The molecule has 0 amide bonds. The molecule has 2 aromatic rings. The molecule has 0 radical (unpaired) electrons. The zero-order chi connectivity index (χ0) is 18.6. The average molecular weight is 369 g/mol. The second-order valence-electron chi connectivity index (χ2n) is 6.61. The van der Waals surface area contributed by atoms with Gasteiger partial charge in [-0.3, -0.25) is 0 Å². The van der Waals surface area contributed by atoms with E-state index in [0.29, 0.717) is 12.1 Å². The number of piperidine rings is 1. The Bertz CT molecular complexity index is 895. The van der Waals surface area contributed by atoms with Crippen LogP contribution in [-0.2, 0) is 16.6 Å². The van der Waals surface area contributed by atoms with E-state index in [4.69, 9.17) is 5.26 Å². The Morgan fingerprint density at radius 3 is 2.42 bits per heavy atom. The van der Waals surface area contributed by atoms with Crippen molar-refractivity contribution in [1.82, 2.24) is 4.31 Å². The molecule has 0 bridgehead atoms. The summed E-state index contributed by atoms with van der Waals surface area (Å²) < 4.78 is 26.8. The summed E-state index contributed by atoms with van der Waals surface area (Å²) in [6.45, 7) is 2.46. The van der Waals surface area contributed by atoms with Gasteiger partial charge in [-0.15, -0.1) is 0 Å². The molecule has 2 aromatic carbocycles. The molecule has 0 saturated carbocycles. The van der Waals surface area contributed by atoms with Crippen LogP contribution in [-0.4, -0.2) is 32.9 Å². The minimum atomic E-state index is -3.63. The van der Waals surface area contributed by atoms with Gasteiger partial charge in [0.25, 0.3) is 0 Å². The van der Waals surface area contributed by atoms with Crippen LogP contribution in [0.25, 0.3) is 0 Å². The predicted octanol–water partition coefficient (Wildman–Crippen LogP) is 3.37. The third kappa shape index (κ3) is 4.06. The predicted molar refractivity (Wildman–Crippen MR) is 102 cm³/mol. The van der Waals surface area contributed by atoms with Crippen LogP contribution in [0, 0.1) is 11.3 Å². The van der Waals surface area contributed by atoms with E-state index >= 15 is 0 Å². The molecule has 5 nitrogen and oxygen atoms in total. The molecule has 0 spiro atoms. The lowest BCUT2D eigenvalue weighted by Crippen LogP contribution is -2.29. The van der Waals surface area contributed by atoms with Gasteiger partial charge in [0.1, 0.15) is 0 Å². The van der Waals surface area contributed by atoms with Crippen molar-refractivity contribution in [2.24, 2.45) is 0 Å². The van der Waals surface area contributed by atoms with Crippen molar-refractivity contribution in [3.05, 3.63) is 59.7 Å². The highest BCUT2D eigenvalue weighted by Gasteiger charge is 2.21. The summed E-state index contributed by atoms with van der Waals surface area (Å²) in [5, 5.41) is 8.97. The first kappa shape index (κ1) is 18.4. The minimum absolute atomic E-state index is 0.143. The lowest BCUT2D eigenvalue weighted by molar-refractivity contribution is 0.466. The lowest BCUT2D eigenvalue weighted by atomic mass is 10.1. The van der Waals surface area contributed by atoms with Gasteiger partial charge in [-0.05, 0) is 55.2 Å². The van der Waals surface area contributed by atoms with Crippen molar-refractivity contribution in [3.8, 4) is 6.07 Å². The molecule has 1 heterocycles. The molecule has 0 N–H and O–H groups in total. The van der Waals surface area contributed by atoms with E-state index in [-0.39, 0.29) is 4.90 Å². The van der Waals surface area contributed by atoms with Crippen molar-refractivity contribution in [2.75, 3.05) is 25.0 Å². The molecule has 0 unspecified atom stereocenters. The van der Waals surface area contributed by atoms with Crippen LogP contribution in [0.3, 0.4) is 0 Å². The van der Waals surface area contributed by atoms with Crippen LogP contribution in [0.5, 0.6) is 0 Å². The maximum atomic E-state index is 12.7. The average Bonchev–Trinajstić information content (AvgIpc) is 2.69. The van der Waals surface area contributed by atoms with E-state index in [9.17, 15) is 8.42 Å². The molecular formula is C20H23N3O2S. The van der Waals surface area contributed by atoms with Gasteiger partial charge in [0.2, 0.25) is 10.0 Å². The number of nitrogens with zero attached hydrogens (tertiary/aromatic N) is 3. The third-order valence-corrected chi connectivity index (χ3v) is 6.53. The third-order valence-electron chi connectivity index (χ3n) is 4.73. The van der Waals surface area contributed by atoms with Crippen molar-refractivity contribution in [3.63, 3.8) is 0 Å². The summed E-state index contributed by atoms with van der Waals surface area (Å²) in [4.78, 5) is 2.52. The Morgan fingerprint density at radius 2 is 1.77 bits per heavy atom. The Balaban J connectivity index is 1.72. The van der Waals surface area contributed by atoms with E-state index in [1.54, 1.807) is 19.2 Å². The van der Waals surface area contributed by atoms with E-state index in [1.807, 2.05) is 18.2 Å². The molecule has 3 rings (SSSR count). The van der Waals surface area contributed by atoms with Gasteiger partial charge in [-0.25, -0.2) is 8.42 Å². The SMILES string of the molecule is CN(Cc1ccc(N2CCCCC2)cc1)S(=O)(=O)c1cccc(C#N)c1. The number of benzene rings is 2. The van der Waals surface area contributed by atoms with Crippen LogP contribution >= 0.6 is 0 Å². The van der Waals surface area contributed by atoms with E-state index in [1.165, 1.54) is 41.4 Å². The quantitative estimate of drug-likeness (QED) is 0.810. The van der Waals surface area contributed by atoms with Crippen LogP contribution in [0.4, 0.5) is 5.69 Å². The topological polar surface area (TPSA) is 64.4 Å². The highest BCUT2D eigenvalue weighted by molar-refractivity contribution is 7.89. The molecular weight excluding hydrogens is 346 g/mol. The fourth-order valence-electron chi connectivity index (χ4n) is 3.21. The zero-order valence-electron chi connectivity index (χ0n) is 14.9. The Hall–Kier alpha value is -2.36. The second kappa shape index (κ2) is 7.90. The highest BCUT2D eigenvalue weighted by atomic mass is 32.2. The van der Waals surface area contributed by atoms with Crippen LogP contribution in [0.2, 0.25) is 0 Å².